The molecular weight excluding hydrogens is 360 g/mol. The molecule has 0 radical (unpaired) electrons. The molecule has 0 spiro atoms. The summed E-state index contributed by atoms with van der Waals surface area (Å²) in [5.41, 5.74) is 2.50. The Labute approximate surface area is 161 Å². The number of nitrogens with zero attached hydrogens (tertiary/aromatic N) is 2. The van der Waals surface area contributed by atoms with E-state index in [0.29, 0.717) is 17.3 Å². The van der Waals surface area contributed by atoms with Gasteiger partial charge in [0.15, 0.2) is 17.7 Å². The summed E-state index contributed by atoms with van der Waals surface area (Å²) in [5.74, 6) is 0.426. The van der Waals surface area contributed by atoms with Gasteiger partial charge in [-0.15, -0.1) is 0 Å². The minimum atomic E-state index is -0.854. The molecule has 1 aromatic carbocycles. The summed E-state index contributed by atoms with van der Waals surface area (Å²) < 4.78 is 11.0. The van der Waals surface area contributed by atoms with Gasteiger partial charge in [0.05, 0.1) is 12.3 Å². The molecule has 0 saturated carbocycles. The summed E-state index contributed by atoms with van der Waals surface area (Å²) in [6, 6.07) is 12.4. The maximum absolute atomic E-state index is 13.0. The number of carbonyl (C=O) groups excluding carboxylic acids is 2. The van der Waals surface area contributed by atoms with Gasteiger partial charge in [0.25, 0.3) is 5.91 Å². The second-order valence-electron chi connectivity index (χ2n) is 6.67. The molecular formula is C20H20N4O4. The van der Waals surface area contributed by atoms with Gasteiger partial charge in [-0.05, 0) is 30.2 Å². The number of aryl methyl sites for hydroxylation is 1. The second-order valence-corrected chi connectivity index (χ2v) is 6.67. The molecule has 8 nitrogen and oxygen atoms in total. The molecule has 2 aromatic heterocycles. The largest absolute Gasteiger partial charge is 0.463 e. The SMILES string of the molecule is Cc1ccccc1[C@@H]1[C@@H](C(=O)Nc2cc(-c3ccco3)[nH]n2)OCC(=O)N1C. The van der Waals surface area contributed by atoms with Crippen LogP contribution in [0.4, 0.5) is 5.82 Å². The maximum Gasteiger partial charge on any atom is 0.257 e. The Balaban J connectivity index is 1.58. The molecule has 1 saturated heterocycles. The van der Waals surface area contributed by atoms with Crippen LogP contribution < -0.4 is 5.32 Å². The lowest BCUT2D eigenvalue weighted by molar-refractivity contribution is -0.160. The Morgan fingerprint density at radius 2 is 2.11 bits per heavy atom. The summed E-state index contributed by atoms with van der Waals surface area (Å²) in [6.45, 7) is 1.80. The third-order valence-electron chi connectivity index (χ3n) is 4.87. The summed E-state index contributed by atoms with van der Waals surface area (Å²) in [7, 11) is 1.69. The van der Waals surface area contributed by atoms with Crippen molar-refractivity contribution in [3.05, 3.63) is 59.9 Å². The third-order valence-corrected chi connectivity index (χ3v) is 4.87. The lowest BCUT2D eigenvalue weighted by Crippen LogP contribution is -2.51. The Kier molecular flexibility index (Phi) is 4.70. The summed E-state index contributed by atoms with van der Waals surface area (Å²) in [5, 5.41) is 9.69. The van der Waals surface area contributed by atoms with Crippen molar-refractivity contribution in [3.8, 4) is 11.5 Å². The summed E-state index contributed by atoms with van der Waals surface area (Å²) >= 11 is 0. The standard InChI is InChI=1S/C20H20N4O4/c1-12-6-3-4-7-13(12)18-19(28-11-17(25)24(18)2)20(26)21-16-10-14(22-23-16)15-8-5-9-27-15/h3-10,18-19H,11H2,1-2H3,(H2,21,22,23,26)/t18-,19+/m1/s1. The van der Waals surface area contributed by atoms with Crippen molar-refractivity contribution >= 4 is 17.6 Å². The van der Waals surface area contributed by atoms with E-state index in [1.54, 1.807) is 36.4 Å². The average molecular weight is 380 g/mol. The number of morpholine rings is 1. The number of aromatic nitrogens is 2. The lowest BCUT2D eigenvalue weighted by atomic mass is 9.94. The van der Waals surface area contributed by atoms with E-state index in [-0.39, 0.29) is 18.4 Å². The van der Waals surface area contributed by atoms with Crippen LogP contribution in [0.1, 0.15) is 17.2 Å². The molecule has 3 heterocycles. The van der Waals surface area contributed by atoms with Crippen molar-refractivity contribution in [3.63, 3.8) is 0 Å². The molecule has 0 aliphatic carbocycles. The molecule has 8 heteroatoms. The first-order valence-electron chi connectivity index (χ1n) is 8.87. The highest BCUT2D eigenvalue weighted by atomic mass is 16.5. The van der Waals surface area contributed by atoms with Crippen LogP contribution >= 0.6 is 0 Å². The van der Waals surface area contributed by atoms with Gasteiger partial charge < -0.3 is 19.4 Å². The Hall–Kier alpha value is -3.39. The maximum atomic E-state index is 13.0. The van der Waals surface area contributed by atoms with E-state index in [9.17, 15) is 9.59 Å². The van der Waals surface area contributed by atoms with Gasteiger partial charge in [-0.25, -0.2) is 0 Å². The molecule has 0 bridgehead atoms. The first-order chi connectivity index (χ1) is 13.5. The molecule has 144 valence electrons. The number of ether oxygens (including phenoxy) is 1. The first kappa shape index (κ1) is 18.0. The van der Waals surface area contributed by atoms with Crippen LogP contribution in [0.5, 0.6) is 0 Å². The van der Waals surface area contributed by atoms with E-state index in [1.165, 1.54) is 0 Å². The van der Waals surface area contributed by atoms with Crippen molar-refractivity contribution in [1.82, 2.24) is 15.1 Å². The van der Waals surface area contributed by atoms with Crippen LogP contribution in [0.15, 0.2) is 53.1 Å². The third kappa shape index (κ3) is 3.29. The van der Waals surface area contributed by atoms with Crippen LogP contribution in [0.3, 0.4) is 0 Å². The fraction of sp³-hybridized carbons (Fsp3) is 0.250. The zero-order chi connectivity index (χ0) is 19.7. The summed E-state index contributed by atoms with van der Waals surface area (Å²) in [6.07, 6.45) is 0.705. The number of hydrogen-bond acceptors (Lipinski definition) is 5. The van der Waals surface area contributed by atoms with Gasteiger partial charge in [0.1, 0.15) is 12.3 Å². The molecule has 28 heavy (non-hydrogen) atoms. The van der Waals surface area contributed by atoms with Crippen molar-refractivity contribution in [2.24, 2.45) is 0 Å². The van der Waals surface area contributed by atoms with Crippen molar-refractivity contribution in [2.45, 2.75) is 19.1 Å². The number of benzene rings is 1. The Morgan fingerprint density at radius 1 is 1.29 bits per heavy atom. The zero-order valence-corrected chi connectivity index (χ0v) is 15.5. The van der Waals surface area contributed by atoms with Gasteiger partial charge in [0, 0.05) is 13.1 Å². The molecule has 2 atom stereocenters. The van der Waals surface area contributed by atoms with E-state index in [0.717, 1.165) is 11.1 Å². The molecule has 1 fully saturated rings. The number of rotatable bonds is 4. The number of amides is 2. The van der Waals surface area contributed by atoms with Gasteiger partial charge in [-0.2, -0.15) is 5.10 Å². The van der Waals surface area contributed by atoms with Gasteiger partial charge in [-0.1, -0.05) is 24.3 Å². The highest BCUT2D eigenvalue weighted by molar-refractivity contribution is 5.95. The van der Waals surface area contributed by atoms with E-state index in [1.807, 2.05) is 31.2 Å². The normalized spacial score (nSPS) is 19.6. The number of furan rings is 1. The van der Waals surface area contributed by atoms with Crippen molar-refractivity contribution in [1.29, 1.82) is 0 Å². The van der Waals surface area contributed by atoms with Gasteiger partial charge in [-0.3, -0.25) is 14.7 Å². The Bertz CT molecular complexity index is 995. The number of aromatic amines is 1. The molecule has 1 aliphatic heterocycles. The predicted octanol–water partition coefficient (Wildman–Crippen LogP) is 2.52. The number of carbonyl (C=O) groups is 2. The van der Waals surface area contributed by atoms with Crippen LogP contribution in [0.25, 0.3) is 11.5 Å². The minimum Gasteiger partial charge on any atom is -0.463 e. The molecule has 4 rings (SSSR count). The van der Waals surface area contributed by atoms with Crippen LogP contribution in [0, 0.1) is 6.92 Å². The van der Waals surface area contributed by atoms with E-state index >= 15 is 0 Å². The number of H-pyrrole nitrogens is 1. The molecule has 0 unspecified atom stereocenters. The van der Waals surface area contributed by atoms with Crippen molar-refractivity contribution < 1.29 is 18.7 Å². The van der Waals surface area contributed by atoms with Gasteiger partial charge in [0.2, 0.25) is 5.91 Å². The topological polar surface area (TPSA) is 100 Å². The second kappa shape index (κ2) is 7.32. The molecule has 1 aliphatic rings. The van der Waals surface area contributed by atoms with Crippen LogP contribution in [0.2, 0.25) is 0 Å². The molecule has 2 amide bonds. The average Bonchev–Trinajstić information content (AvgIpc) is 3.36. The Morgan fingerprint density at radius 3 is 2.86 bits per heavy atom. The molecule has 3 aromatic rings. The van der Waals surface area contributed by atoms with E-state index in [4.69, 9.17) is 9.15 Å². The smallest absolute Gasteiger partial charge is 0.257 e. The minimum absolute atomic E-state index is 0.144. The highest BCUT2D eigenvalue weighted by Gasteiger charge is 2.40. The predicted molar refractivity (Wildman–Crippen MR) is 101 cm³/mol. The van der Waals surface area contributed by atoms with Crippen molar-refractivity contribution in [2.75, 3.05) is 19.0 Å². The highest BCUT2D eigenvalue weighted by Crippen LogP contribution is 2.32. The fourth-order valence-electron chi connectivity index (χ4n) is 3.36. The van der Waals surface area contributed by atoms with Crippen LogP contribution in [-0.4, -0.2) is 46.7 Å². The van der Waals surface area contributed by atoms with E-state index in [2.05, 4.69) is 15.5 Å². The fourth-order valence-corrected chi connectivity index (χ4v) is 3.36. The lowest BCUT2D eigenvalue weighted by Gasteiger charge is -2.38. The number of hydrogen-bond donors (Lipinski definition) is 2. The monoisotopic (exact) mass is 380 g/mol. The molecule has 2 N–H and O–H groups in total. The first-order valence-corrected chi connectivity index (χ1v) is 8.87. The number of nitrogens with one attached hydrogen (secondary N) is 2. The van der Waals surface area contributed by atoms with Crippen LogP contribution in [-0.2, 0) is 14.3 Å². The van der Waals surface area contributed by atoms with E-state index < -0.39 is 12.1 Å². The zero-order valence-electron chi connectivity index (χ0n) is 15.5. The quantitative estimate of drug-likeness (QED) is 0.724. The van der Waals surface area contributed by atoms with Gasteiger partial charge >= 0.3 is 0 Å². The summed E-state index contributed by atoms with van der Waals surface area (Å²) in [4.78, 5) is 26.7. The number of anilines is 1. The number of likely N-dealkylation sites (N-methyl/N-ethyl adjacent to an activating group) is 1.